The number of sulfonamides is 1. The molecule has 0 atom stereocenters. The van der Waals surface area contributed by atoms with Crippen molar-refractivity contribution in [2.45, 2.75) is 11.8 Å². The number of halogens is 2. The molecule has 0 spiro atoms. The molecule has 0 saturated heterocycles. The van der Waals surface area contributed by atoms with Crippen LogP contribution in [0, 0.1) is 18.6 Å². The summed E-state index contributed by atoms with van der Waals surface area (Å²) in [6.07, 6.45) is 0. The third-order valence-corrected chi connectivity index (χ3v) is 3.90. The summed E-state index contributed by atoms with van der Waals surface area (Å²) in [7, 11) is -3.85. The molecule has 0 aromatic heterocycles. The third kappa shape index (κ3) is 3.08. The minimum absolute atomic E-state index is 0.0735. The van der Waals surface area contributed by atoms with Crippen LogP contribution in [0.5, 0.6) is 0 Å². The summed E-state index contributed by atoms with van der Waals surface area (Å²) < 4.78 is 52.4. The highest BCUT2D eigenvalue weighted by Gasteiger charge is 2.15. The van der Waals surface area contributed by atoms with E-state index in [2.05, 4.69) is 4.72 Å². The molecule has 1 N–H and O–H groups in total. The van der Waals surface area contributed by atoms with Crippen molar-refractivity contribution in [2.75, 3.05) is 4.72 Å². The highest BCUT2D eigenvalue weighted by molar-refractivity contribution is 7.92. The largest absolute Gasteiger partial charge is 0.280 e. The minimum Gasteiger partial charge on any atom is -0.280 e. The second-order valence-corrected chi connectivity index (χ2v) is 5.71. The van der Waals surface area contributed by atoms with E-state index in [1.165, 1.54) is 31.2 Å². The zero-order valence-corrected chi connectivity index (χ0v) is 10.8. The van der Waals surface area contributed by atoms with Gasteiger partial charge in [0.05, 0.1) is 10.6 Å². The van der Waals surface area contributed by atoms with Crippen molar-refractivity contribution in [3.8, 4) is 0 Å². The van der Waals surface area contributed by atoms with Crippen LogP contribution in [-0.2, 0) is 10.0 Å². The molecule has 19 heavy (non-hydrogen) atoms. The number of aryl methyl sites for hydroxylation is 1. The first-order chi connectivity index (χ1) is 8.88. The molecule has 100 valence electrons. The molecule has 0 aliphatic heterocycles. The second kappa shape index (κ2) is 4.97. The van der Waals surface area contributed by atoms with Crippen molar-refractivity contribution < 1.29 is 17.2 Å². The van der Waals surface area contributed by atoms with Gasteiger partial charge in [0, 0.05) is 0 Å². The fraction of sp³-hybridized carbons (Fsp3) is 0.0769. The minimum atomic E-state index is -3.85. The van der Waals surface area contributed by atoms with Crippen LogP contribution in [0.2, 0.25) is 0 Å². The van der Waals surface area contributed by atoms with Gasteiger partial charge in [-0.25, -0.2) is 17.2 Å². The predicted octanol–water partition coefficient (Wildman–Crippen LogP) is 3.07. The first-order valence-electron chi connectivity index (χ1n) is 5.43. The van der Waals surface area contributed by atoms with Crippen molar-refractivity contribution in [3.05, 3.63) is 59.7 Å². The van der Waals surface area contributed by atoms with Gasteiger partial charge in [0.1, 0.15) is 11.6 Å². The number of nitrogens with one attached hydrogen (secondary N) is 1. The van der Waals surface area contributed by atoms with E-state index < -0.39 is 21.7 Å². The zero-order chi connectivity index (χ0) is 14.0. The van der Waals surface area contributed by atoms with Gasteiger partial charge in [-0.3, -0.25) is 4.72 Å². The molecular weight excluding hydrogens is 272 g/mol. The Labute approximate surface area is 109 Å². The fourth-order valence-electron chi connectivity index (χ4n) is 1.55. The Morgan fingerprint density at radius 2 is 1.79 bits per heavy atom. The fourth-order valence-corrected chi connectivity index (χ4v) is 2.68. The lowest BCUT2D eigenvalue weighted by atomic mass is 10.2. The Hall–Kier alpha value is -1.95. The lowest BCUT2D eigenvalue weighted by Gasteiger charge is -2.09. The van der Waals surface area contributed by atoms with Gasteiger partial charge in [0.25, 0.3) is 10.0 Å². The van der Waals surface area contributed by atoms with Crippen molar-refractivity contribution in [1.82, 2.24) is 0 Å². The van der Waals surface area contributed by atoms with Gasteiger partial charge < -0.3 is 0 Å². The summed E-state index contributed by atoms with van der Waals surface area (Å²) in [4.78, 5) is -0.0735. The van der Waals surface area contributed by atoms with Gasteiger partial charge in [0.15, 0.2) is 0 Å². The van der Waals surface area contributed by atoms with Crippen molar-refractivity contribution in [3.63, 3.8) is 0 Å². The molecule has 0 radical (unpaired) electrons. The SMILES string of the molecule is Cc1cc(S(=O)(=O)Nc2cccc(F)c2)ccc1F. The molecule has 2 aromatic carbocycles. The Morgan fingerprint density at radius 3 is 2.42 bits per heavy atom. The van der Waals surface area contributed by atoms with Gasteiger partial charge >= 0.3 is 0 Å². The van der Waals surface area contributed by atoms with E-state index in [0.717, 1.165) is 18.2 Å². The molecule has 0 saturated carbocycles. The number of hydrogen-bond donors (Lipinski definition) is 1. The van der Waals surface area contributed by atoms with E-state index in [-0.39, 0.29) is 16.1 Å². The summed E-state index contributed by atoms with van der Waals surface area (Å²) in [6.45, 7) is 1.47. The molecule has 0 bridgehead atoms. The standard InChI is InChI=1S/C13H11F2NO2S/c1-9-7-12(5-6-13(9)15)19(17,18)16-11-4-2-3-10(14)8-11/h2-8,16H,1H3. The molecular formula is C13H11F2NO2S. The highest BCUT2D eigenvalue weighted by atomic mass is 32.2. The maximum absolute atomic E-state index is 13.1. The highest BCUT2D eigenvalue weighted by Crippen LogP contribution is 2.18. The van der Waals surface area contributed by atoms with Gasteiger partial charge in [0.2, 0.25) is 0 Å². The van der Waals surface area contributed by atoms with E-state index in [9.17, 15) is 17.2 Å². The van der Waals surface area contributed by atoms with Gasteiger partial charge in [-0.2, -0.15) is 0 Å². The summed E-state index contributed by atoms with van der Waals surface area (Å²) in [5.41, 5.74) is 0.337. The zero-order valence-electron chi connectivity index (χ0n) is 10.0. The van der Waals surface area contributed by atoms with Crippen molar-refractivity contribution in [1.29, 1.82) is 0 Å². The average Bonchev–Trinajstić information content (AvgIpc) is 2.32. The topological polar surface area (TPSA) is 46.2 Å². The lowest BCUT2D eigenvalue weighted by Crippen LogP contribution is -2.13. The van der Waals surface area contributed by atoms with E-state index in [1.807, 2.05) is 0 Å². The normalized spacial score (nSPS) is 11.3. The van der Waals surface area contributed by atoms with Crippen molar-refractivity contribution >= 4 is 15.7 Å². The molecule has 0 fully saturated rings. The van der Waals surface area contributed by atoms with Crippen LogP contribution in [0.3, 0.4) is 0 Å². The smallest absolute Gasteiger partial charge is 0.261 e. The molecule has 6 heteroatoms. The molecule has 2 rings (SSSR count). The molecule has 0 aliphatic carbocycles. The molecule has 0 heterocycles. The van der Waals surface area contributed by atoms with Crippen LogP contribution in [0.25, 0.3) is 0 Å². The quantitative estimate of drug-likeness (QED) is 0.941. The second-order valence-electron chi connectivity index (χ2n) is 4.03. The van der Waals surface area contributed by atoms with Crippen LogP contribution in [0.1, 0.15) is 5.56 Å². The van der Waals surface area contributed by atoms with Gasteiger partial charge in [-0.15, -0.1) is 0 Å². The number of rotatable bonds is 3. The Balaban J connectivity index is 2.35. The molecule has 3 nitrogen and oxygen atoms in total. The number of anilines is 1. The van der Waals surface area contributed by atoms with Crippen LogP contribution in [0.4, 0.5) is 14.5 Å². The van der Waals surface area contributed by atoms with E-state index in [1.54, 1.807) is 0 Å². The summed E-state index contributed by atoms with van der Waals surface area (Å²) in [6, 6.07) is 8.55. The Kier molecular flexibility index (Phi) is 3.53. The summed E-state index contributed by atoms with van der Waals surface area (Å²) in [5, 5.41) is 0. The van der Waals surface area contributed by atoms with Crippen LogP contribution < -0.4 is 4.72 Å². The summed E-state index contributed by atoms with van der Waals surface area (Å²) >= 11 is 0. The van der Waals surface area contributed by atoms with Gasteiger partial charge in [-0.05, 0) is 48.9 Å². The first kappa shape index (κ1) is 13.5. The molecule has 0 amide bonds. The van der Waals surface area contributed by atoms with Crippen LogP contribution in [0.15, 0.2) is 47.4 Å². The van der Waals surface area contributed by atoms with E-state index in [4.69, 9.17) is 0 Å². The third-order valence-electron chi connectivity index (χ3n) is 2.52. The average molecular weight is 283 g/mol. The molecule has 2 aromatic rings. The Morgan fingerprint density at radius 1 is 1.05 bits per heavy atom. The van der Waals surface area contributed by atoms with E-state index >= 15 is 0 Å². The number of hydrogen-bond acceptors (Lipinski definition) is 2. The van der Waals surface area contributed by atoms with E-state index in [0.29, 0.717) is 0 Å². The monoisotopic (exact) mass is 283 g/mol. The van der Waals surface area contributed by atoms with Crippen molar-refractivity contribution in [2.24, 2.45) is 0 Å². The summed E-state index contributed by atoms with van der Waals surface area (Å²) in [5.74, 6) is -1.03. The Bertz CT molecular complexity index is 714. The predicted molar refractivity (Wildman–Crippen MR) is 68.3 cm³/mol. The number of benzene rings is 2. The molecule has 0 unspecified atom stereocenters. The first-order valence-corrected chi connectivity index (χ1v) is 6.91. The lowest BCUT2D eigenvalue weighted by molar-refractivity contribution is 0.598. The van der Waals surface area contributed by atoms with Gasteiger partial charge in [-0.1, -0.05) is 6.07 Å². The molecule has 0 aliphatic rings. The maximum atomic E-state index is 13.1. The maximum Gasteiger partial charge on any atom is 0.261 e. The van der Waals surface area contributed by atoms with Crippen LogP contribution >= 0.6 is 0 Å². The van der Waals surface area contributed by atoms with Crippen LogP contribution in [-0.4, -0.2) is 8.42 Å².